The summed E-state index contributed by atoms with van der Waals surface area (Å²) < 4.78 is 5.53. The van der Waals surface area contributed by atoms with Gasteiger partial charge in [0.1, 0.15) is 5.76 Å². The van der Waals surface area contributed by atoms with Crippen molar-refractivity contribution in [3.63, 3.8) is 0 Å². The van der Waals surface area contributed by atoms with Crippen LogP contribution in [-0.4, -0.2) is 10.9 Å². The van der Waals surface area contributed by atoms with Crippen LogP contribution >= 0.6 is 0 Å². The van der Waals surface area contributed by atoms with Crippen molar-refractivity contribution in [2.24, 2.45) is 5.73 Å². The van der Waals surface area contributed by atoms with Crippen molar-refractivity contribution in [1.29, 1.82) is 0 Å². The smallest absolute Gasteiger partial charge is 0.295 e. The Hall–Kier alpha value is -2.30. The van der Waals surface area contributed by atoms with Gasteiger partial charge >= 0.3 is 0 Å². The van der Waals surface area contributed by atoms with Crippen molar-refractivity contribution < 1.29 is 9.21 Å². The number of nitrogens with two attached hydrogens (primary N) is 1. The fraction of sp³-hybridized carbons (Fsp3) is 0.286. The standard InChI is InChI=1S/C14H17N3O2/c1-9(2)12-8-17-14(19-12)16-7-10-3-5-11(6-4-10)13(15)18/h3-6,8-9H,7H2,1-2H3,(H2,15,18)(H,16,17). The molecule has 0 aliphatic carbocycles. The van der Waals surface area contributed by atoms with Gasteiger partial charge < -0.3 is 15.5 Å². The molecule has 3 N–H and O–H groups in total. The molecule has 1 heterocycles. The molecule has 0 spiro atoms. The number of hydrogen-bond donors (Lipinski definition) is 2. The summed E-state index contributed by atoms with van der Waals surface area (Å²) in [5, 5.41) is 3.09. The average molecular weight is 259 g/mol. The molecule has 1 aromatic heterocycles. The van der Waals surface area contributed by atoms with Gasteiger partial charge in [0.25, 0.3) is 6.01 Å². The van der Waals surface area contributed by atoms with Gasteiger partial charge in [-0.3, -0.25) is 4.79 Å². The van der Waals surface area contributed by atoms with Gasteiger partial charge in [-0.15, -0.1) is 0 Å². The molecule has 1 aromatic carbocycles. The Kier molecular flexibility index (Phi) is 3.85. The lowest BCUT2D eigenvalue weighted by Gasteiger charge is -2.03. The van der Waals surface area contributed by atoms with Gasteiger partial charge in [-0.1, -0.05) is 26.0 Å². The zero-order valence-electron chi connectivity index (χ0n) is 11.0. The highest BCUT2D eigenvalue weighted by atomic mass is 16.4. The van der Waals surface area contributed by atoms with Crippen LogP contribution in [0.5, 0.6) is 0 Å². The zero-order valence-corrected chi connectivity index (χ0v) is 11.0. The molecule has 0 fully saturated rings. The average Bonchev–Trinajstić information content (AvgIpc) is 2.86. The predicted molar refractivity (Wildman–Crippen MR) is 72.9 cm³/mol. The molecule has 2 aromatic rings. The van der Waals surface area contributed by atoms with E-state index < -0.39 is 5.91 Å². The molecule has 0 radical (unpaired) electrons. The summed E-state index contributed by atoms with van der Waals surface area (Å²) >= 11 is 0. The van der Waals surface area contributed by atoms with E-state index in [1.807, 2.05) is 26.0 Å². The summed E-state index contributed by atoms with van der Waals surface area (Å²) in [6.07, 6.45) is 1.73. The quantitative estimate of drug-likeness (QED) is 0.864. The summed E-state index contributed by atoms with van der Waals surface area (Å²) in [6.45, 7) is 4.68. The third-order valence-corrected chi connectivity index (χ3v) is 2.77. The second-order valence-corrected chi connectivity index (χ2v) is 4.64. The van der Waals surface area contributed by atoms with Crippen LogP contribution < -0.4 is 11.1 Å². The van der Waals surface area contributed by atoms with Gasteiger partial charge in [-0.25, -0.2) is 4.98 Å². The van der Waals surface area contributed by atoms with E-state index in [1.54, 1.807) is 18.3 Å². The molecule has 0 aliphatic rings. The van der Waals surface area contributed by atoms with Crippen molar-refractivity contribution >= 4 is 11.9 Å². The Morgan fingerprint density at radius 1 is 1.37 bits per heavy atom. The highest BCUT2D eigenvalue weighted by Crippen LogP contribution is 2.18. The predicted octanol–water partition coefficient (Wildman–Crippen LogP) is 2.51. The minimum absolute atomic E-state index is 0.318. The van der Waals surface area contributed by atoms with Crippen molar-refractivity contribution in [2.75, 3.05) is 5.32 Å². The first kappa shape index (κ1) is 13.1. The maximum atomic E-state index is 10.9. The summed E-state index contributed by atoms with van der Waals surface area (Å²) in [5.74, 6) is 0.748. The lowest BCUT2D eigenvalue weighted by molar-refractivity contribution is 0.100. The number of anilines is 1. The van der Waals surface area contributed by atoms with Crippen LogP contribution in [0.3, 0.4) is 0 Å². The van der Waals surface area contributed by atoms with Gasteiger partial charge in [-0.2, -0.15) is 0 Å². The second-order valence-electron chi connectivity index (χ2n) is 4.64. The van der Waals surface area contributed by atoms with Crippen LogP contribution in [0, 0.1) is 0 Å². The number of carbonyl (C=O) groups is 1. The van der Waals surface area contributed by atoms with Crippen LogP contribution in [0.2, 0.25) is 0 Å². The van der Waals surface area contributed by atoms with Gasteiger partial charge in [-0.05, 0) is 17.7 Å². The Bertz CT molecular complexity index is 558. The summed E-state index contributed by atoms with van der Waals surface area (Å²) in [5.41, 5.74) is 6.70. The molecule has 0 aliphatic heterocycles. The van der Waals surface area contributed by atoms with E-state index in [0.29, 0.717) is 24.0 Å². The second kappa shape index (κ2) is 5.56. The van der Waals surface area contributed by atoms with Crippen LogP contribution in [0.1, 0.15) is 41.4 Å². The van der Waals surface area contributed by atoms with Gasteiger partial charge in [0.15, 0.2) is 0 Å². The highest BCUT2D eigenvalue weighted by Gasteiger charge is 2.07. The molecule has 19 heavy (non-hydrogen) atoms. The summed E-state index contributed by atoms with van der Waals surface area (Å²) in [7, 11) is 0. The summed E-state index contributed by atoms with van der Waals surface area (Å²) in [4.78, 5) is 15.1. The van der Waals surface area contributed by atoms with Crippen LogP contribution in [0.25, 0.3) is 0 Å². The number of oxazole rings is 1. The molecule has 2 rings (SSSR count). The first-order valence-corrected chi connectivity index (χ1v) is 6.14. The maximum Gasteiger partial charge on any atom is 0.295 e. The van der Waals surface area contributed by atoms with Crippen LogP contribution in [-0.2, 0) is 6.54 Å². The lowest BCUT2D eigenvalue weighted by Crippen LogP contribution is -2.10. The number of aromatic nitrogens is 1. The van der Waals surface area contributed by atoms with E-state index in [1.165, 1.54) is 0 Å². The zero-order chi connectivity index (χ0) is 13.8. The van der Waals surface area contributed by atoms with Crippen molar-refractivity contribution in [1.82, 2.24) is 4.98 Å². The topological polar surface area (TPSA) is 81.1 Å². The van der Waals surface area contributed by atoms with Gasteiger partial charge in [0, 0.05) is 18.0 Å². The summed E-state index contributed by atoms with van der Waals surface area (Å²) in [6, 6.07) is 7.60. The molecule has 0 atom stereocenters. The van der Waals surface area contributed by atoms with Gasteiger partial charge in [0.2, 0.25) is 5.91 Å². The molecule has 1 amide bonds. The first-order valence-electron chi connectivity index (χ1n) is 6.14. The van der Waals surface area contributed by atoms with Gasteiger partial charge in [0.05, 0.1) is 6.20 Å². The number of nitrogens with zero attached hydrogens (tertiary/aromatic N) is 1. The fourth-order valence-corrected chi connectivity index (χ4v) is 1.60. The monoisotopic (exact) mass is 259 g/mol. The van der Waals surface area contributed by atoms with Crippen molar-refractivity contribution in [2.45, 2.75) is 26.3 Å². The van der Waals surface area contributed by atoms with E-state index in [4.69, 9.17) is 10.2 Å². The molecule has 0 unspecified atom stereocenters. The van der Waals surface area contributed by atoms with Crippen molar-refractivity contribution in [3.05, 3.63) is 47.3 Å². The highest BCUT2D eigenvalue weighted by molar-refractivity contribution is 5.92. The third kappa shape index (κ3) is 3.34. The first-order chi connectivity index (χ1) is 9.06. The Morgan fingerprint density at radius 2 is 2.05 bits per heavy atom. The Labute approximate surface area is 111 Å². The van der Waals surface area contributed by atoms with E-state index in [9.17, 15) is 4.79 Å². The molecule has 0 saturated heterocycles. The Balaban J connectivity index is 1.96. The maximum absolute atomic E-state index is 10.9. The van der Waals surface area contributed by atoms with E-state index in [2.05, 4.69) is 10.3 Å². The van der Waals surface area contributed by atoms with Crippen LogP contribution in [0.15, 0.2) is 34.9 Å². The molecular weight excluding hydrogens is 242 g/mol. The number of nitrogens with one attached hydrogen (secondary N) is 1. The SMILES string of the molecule is CC(C)c1cnc(NCc2ccc(C(N)=O)cc2)o1. The minimum atomic E-state index is -0.422. The fourth-order valence-electron chi connectivity index (χ4n) is 1.60. The van der Waals surface area contributed by atoms with Crippen molar-refractivity contribution in [3.8, 4) is 0 Å². The normalized spacial score (nSPS) is 10.7. The Morgan fingerprint density at radius 3 is 2.58 bits per heavy atom. The molecule has 5 heteroatoms. The van der Waals surface area contributed by atoms with E-state index >= 15 is 0 Å². The number of carbonyl (C=O) groups excluding carboxylic acids is 1. The number of hydrogen-bond acceptors (Lipinski definition) is 4. The minimum Gasteiger partial charge on any atom is -0.429 e. The van der Waals surface area contributed by atoms with Crippen LogP contribution in [0.4, 0.5) is 6.01 Å². The molecule has 0 bridgehead atoms. The third-order valence-electron chi connectivity index (χ3n) is 2.77. The lowest BCUT2D eigenvalue weighted by atomic mass is 10.1. The van der Waals surface area contributed by atoms with E-state index in [-0.39, 0.29) is 0 Å². The molecule has 100 valence electrons. The number of benzene rings is 1. The number of amides is 1. The molecule has 5 nitrogen and oxygen atoms in total. The molecular formula is C14H17N3O2. The number of rotatable bonds is 5. The largest absolute Gasteiger partial charge is 0.429 e. The molecule has 0 saturated carbocycles. The van der Waals surface area contributed by atoms with E-state index in [0.717, 1.165) is 11.3 Å². The number of primary amides is 1.